The largest absolute Gasteiger partial charge is 0.476 e. The lowest BCUT2D eigenvalue weighted by molar-refractivity contribution is 0.0687. The molecular weight excluding hydrogens is 278 g/mol. The molecule has 2 aromatic heterocycles. The van der Waals surface area contributed by atoms with E-state index in [4.69, 9.17) is 5.11 Å². The number of carboxylic acid groups (broad SMARTS) is 1. The summed E-state index contributed by atoms with van der Waals surface area (Å²) in [5.74, 6) is -1.48. The zero-order valence-corrected chi connectivity index (χ0v) is 11.6. The predicted octanol–water partition coefficient (Wildman–Crippen LogP) is 2.09. The lowest BCUT2D eigenvalue weighted by Crippen LogP contribution is -2.06. The molecule has 2 N–H and O–H groups in total. The molecule has 0 fully saturated rings. The Morgan fingerprint density at radius 2 is 2.20 bits per heavy atom. The van der Waals surface area contributed by atoms with Crippen molar-refractivity contribution >= 4 is 28.2 Å². The van der Waals surface area contributed by atoms with Crippen molar-refractivity contribution in [2.45, 2.75) is 13.3 Å². The number of anilines is 1. The smallest absolute Gasteiger partial charge is 0.356 e. The van der Waals surface area contributed by atoms with E-state index < -0.39 is 5.97 Å². The van der Waals surface area contributed by atoms with Crippen LogP contribution in [0.2, 0.25) is 0 Å². The van der Waals surface area contributed by atoms with Crippen LogP contribution in [0, 0.1) is 0 Å². The van der Waals surface area contributed by atoms with Crippen LogP contribution in [-0.2, 0) is 6.42 Å². The van der Waals surface area contributed by atoms with Gasteiger partial charge in [0.05, 0.1) is 0 Å². The second kappa shape index (κ2) is 6.25. The fourth-order valence-corrected chi connectivity index (χ4v) is 2.50. The molecule has 0 unspecified atom stereocenters. The molecule has 0 aromatic carbocycles. The minimum Gasteiger partial charge on any atom is -0.476 e. The van der Waals surface area contributed by atoms with Crippen molar-refractivity contribution < 1.29 is 14.7 Å². The van der Waals surface area contributed by atoms with Crippen molar-refractivity contribution in [2.75, 3.05) is 11.9 Å². The van der Waals surface area contributed by atoms with Crippen LogP contribution in [0.15, 0.2) is 24.4 Å². The number of thiazole rings is 1. The zero-order valence-electron chi connectivity index (χ0n) is 10.8. The number of carbonyl (C=O) groups excluding carboxylic acids is 1. The van der Waals surface area contributed by atoms with Gasteiger partial charge in [0.2, 0.25) is 0 Å². The van der Waals surface area contributed by atoms with Crippen LogP contribution in [0.25, 0.3) is 0 Å². The van der Waals surface area contributed by atoms with Crippen LogP contribution in [-0.4, -0.2) is 33.4 Å². The number of carboxylic acids is 1. The monoisotopic (exact) mass is 291 g/mol. The third-order valence-electron chi connectivity index (χ3n) is 2.53. The summed E-state index contributed by atoms with van der Waals surface area (Å²) in [6.07, 6.45) is 2.41. The first kappa shape index (κ1) is 14.1. The Hall–Kier alpha value is -2.28. The second-order valence-corrected chi connectivity index (χ2v) is 5.06. The van der Waals surface area contributed by atoms with Gasteiger partial charge in [-0.05, 0) is 12.1 Å². The molecule has 0 bridgehead atoms. The molecule has 2 aromatic rings. The first-order valence-electron chi connectivity index (χ1n) is 5.96. The Morgan fingerprint density at radius 3 is 2.75 bits per heavy atom. The summed E-state index contributed by atoms with van der Waals surface area (Å²) >= 11 is 1.06. The Morgan fingerprint density at radius 1 is 1.40 bits per heavy atom. The number of pyridine rings is 1. The number of carbonyl (C=O) groups is 2. The number of Topliss-reactive ketones (excluding diaryl/α,β-unsaturated/α-hetero) is 1. The van der Waals surface area contributed by atoms with Crippen LogP contribution in [0.4, 0.5) is 5.13 Å². The summed E-state index contributed by atoms with van der Waals surface area (Å²) in [4.78, 5) is 30.6. The van der Waals surface area contributed by atoms with E-state index in [2.05, 4.69) is 15.3 Å². The Balaban J connectivity index is 2.01. The highest BCUT2D eigenvalue weighted by Gasteiger charge is 2.20. The first-order chi connectivity index (χ1) is 9.58. The van der Waals surface area contributed by atoms with E-state index in [0.717, 1.165) is 17.0 Å². The average molecular weight is 291 g/mol. The lowest BCUT2D eigenvalue weighted by Gasteiger charge is -2.01. The molecule has 0 saturated carbocycles. The molecule has 0 radical (unpaired) electrons. The van der Waals surface area contributed by atoms with Crippen LogP contribution >= 0.6 is 11.3 Å². The Labute approximate surface area is 119 Å². The molecule has 2 rings (SSSR count). The highest BCUT2D eigenvalue weighted by Crippen LogP contribution is 2.23. The topological polar surface area (TPSA) is 92.2 Å². The van der Waals surface area contributed by atoms with Crippen molar-refractivity contribution in [3.8, 4) is 0 Å². The molecule has 2 heterocycles. The van der Waals surface area contributed by atoms with E-state index in [9.17, 15) is 9.59 Å². The van der Waals surface area contributed by atoms with E-state index in [1.807, 2.05) is 18.2 Å². The normalized spacial score (nSPS) is 10.2. The molecule has 7 heteroatoms. The quantitative estimate of drug-likeness (QED) is 0.792. The summed E-state index contributed by atoms with van der Waals surface area (Å²) in [6, 6.07) is 5.66. The Kier molecular flexibility index (Phi) is 4.41. The molecule has 0 aliphatic carbocycles. The molecule has 0 spiro atoms. The average Bonchev–Trinajstić information content (AvgIpc) is 2.85. The number of hydrogen-bond acceptors (Lipinski definition) is 6. The van der Waals surface area contributed by atoms with E-state index in [1.54, 1.807) is 6.20 Å². The van der Waals surface area contributed by atoms with Gasteiger partial charge < -0.3 is 10.4 Å². The summed E-state index contributed by atoms with van der Waals surface area (Å²) in [5, 5.41) is 12.4. The highest BCUT2D eigenvalue weighted by atomic mass is 32.1. The molecule has 0 aliphatic rings. The highest BCUT2D eigenvalue weighted by molar-refractivity contribution is 7.17. The van der Waals surface area contributed by atoms with Crippen molar-refractivity contribution in [3.63, 3.8) is 0 Å². The molecule has 104 valence electrons. The lowest BCUT2D eigenvalue weighted by atomic mass is 10.3. The van der Waals surface area contributed by atoms with Crippen molar-refractivity contribution in [2.24, 2.45) is 0 Å². The minimum atomic E-state index is -1.19. The van der Waals surface area contributed by atoms with E-state index in [0.29, 0.717) is 18.1 Å². The SMILES string of the molecule is CC(=O)c1sc(NCCc2ccccn2)nc1C(=O)O. The number of ketones is 1. The fraction of sp³-hybridized carbons (Fsp3) is 0.231. The van der Waals surface area contributed by atoms with Crippen LogP contribution < -0.4 is 5.32 Å². The number of rotatable bonds is 6. The van der Waals surface area contributed by atoms with Gasteiger partial charge in [-0.2, -0.15) is 0 Å². The fourth-order valence-electron chi connectivity index (χ4n) is 1.62. The number of hydrogen-bond donors (Lipinski definition) is 2. The molecule has 0 atom stereocenters. The third-order valence-corrected chi connectivity index (χ3v) is 3.65. The summed E-state index contributed by atoms with van der Waals surface area (Å²) in [5.41, 5.74) is 0.740. The number of aromatic nitrogens is 2. The molecule has 0 saturated heterocycles. The molecule has 0 aliphatic heterocycles. The summed E-state index contributed by atoms with van der Waals surface area (Å²) in [7, 11) is 0. The predicted molar refractivity (Wildman–Crippen MR) is 75.5 cm³/mol. The molecular formula is C13H13N3O3S. The summed E-state index contributed by atoms with van der Waals surface area (Å²) in [6.45, 7) is 1.90. The second-order valence-electron chi connectivity index (χ2n) is 4.06. The standard InChI is InChI=1S/C13H13N3O3S/c1-8(17)11-10(12(18)19)16-13(20-11)15-7-5-9-4-2-3-6-14-9/h2-4,6H,5,7H2,1H3,(H,15,16)(H,18,19). The number of nitrogens with zero attached hydrogens (tertiary/aromatic N) is 2. The van der Waals surface area contributed by atoms with Crippen LogP contribution in [0.3, 0.4) is 0 Å². The van der Waals surface area contributed by atoms with E-state index in [1.165, 1.54) is 6.92 Å². The molecule has 20 heavy (non-hydrogen) atoms. The first-order valence-corrected chi connectivity index (χ1v) is 6.78. The minimum absolute atomic E-state index is 0.165. The number of nitrogens with one attached hydrogen (secondary N) is 1. The maximum atomic E-state index is 11.3. The maximum absolute atomic E-state index is 11.3. The Bertz CT molecular complexity index is 594. The summed E-state index contributed by atoms with van der Waals surface area (Å²) < 4.78 is 0. The van der Waals surface area contributed by atoms with Crippen molar-refractivity contribution in [1.82, 2.24) is 9.97 Å². The molecule has 6 nitrogen and oxygen atoms in total. The van der Waals surface area contributed by atoms with Gasteiger partial charge in [0.15, 0.2) is 16.6 Å². The van der Waals surface area contributed by atoms with Gasteiger partial charge in [0.25, 0.3) is 0 Å². The van der Waals surface area contributed by atoms with Crippen molar-refractivity contribution in [1.29, 1.82) is 0 Å². The van der Waals surface area contributed by atoms with Gasteiger partial charge in [0, 0.05) is 31.8 Å². The van der Waals surface area contributed by atoms with Gasteiger partial charge in [-0.1, -0.05) is 17.4 Å². The maximum Gasteiger partial charge on any atom is 0.356 e. The van der Waals surface area contributed by atoms with Crippen molar-refractivity contribution in [3.05, 3.63) is 40.7 Å². The van der Waals surface area contributed by atoms with Gasteiger partial charge >= 0.3 is 5.97 Å². The van der Waals surface area contributed by atoms with Gasteiger partial charge in [0.1, 0.15) is 4.88 Å². The van der Waals surface area contributed by atoms with Crippen LogP contribution in [0.1, 0.15) is 32.8 Å². The molecule has 0 amide bonds. The third kappa shape index (κ3) is 3.39. The number of aromatic carboxylic acids is 1. The van der Waals surface area contributed by atoms with Gasteiger partial charge in [-0.3, -0.25) is 9.78 Å². The van der Waals surface area contributed by atoms with Gasteiger partial charge in [-0.25, -0.2) is 9.78 Å². The zero-order chi connectivity index (χ0) is 14.5. The van der Waals surface area contributed by atoms with Crippen LogP contribution in [0.5, 0.6) is 0 Å². The van der Waals surface area contributed by atoms with Gasteiger partial charge in [-0.15, -0.1) is 0 Å². The van der Waals surface area contributed by atoms with E-state index >= 15 is 0 Å². The van der Waals surface area contributed by atoms with E-state index in [-0.39, 0.29) is 16.4 Å².